The molecule has 0 aliphatic heterocycles. The molecule has 4 N–H and O–H groups in total. The van der Waals surface area contributed by atoms with Crippen molar-refractivity contribution in [2.24, 2.45) is 5.73 Å². The topological polar surface area (TPSA) is 137 Å². The Morgan fingerprint density at radius 2 is 1.89 bits per heavy atom. The van der Waals surface area contributed by atoms with Crippen molar-refractivity contribution in [3.8, 4) is 0 Å². The monoisotopic (exact) mass is 397 g/mol. The Hall–Kier alpha value is -2.62. The molecule has 1 atom stereocenters. The smallest absolute Gasteiger partial charge is 0.341 e. The van der Waals surface area contributed by atoms with Gasteiger partial charge in [-0.3, -0.25) is 4.79 Å². The van der Waals surface area contributed by atoms with Crippen LogP contribution in [0.15, 0.2) is 0 Å². The molecule has 1 aromatic rings. The Balaban J connectivity index is 2.06. The fourth-order valence-corrected chi connectivity index (χ4v) is 4.14. The molecule has 10 heteroatoms. The normalized spacial score (nSPS) is 14.3. The van der Waals surface area contributed by atoms with Crippen molar-refractivity contribution in [3.05, 3.63) is 16.0 Å². The quantitative estimate of drug-likeness (QED) is 0.489. The second kappa shape index (κ2) is 9.36. The standard InChI is InChI=1S/C17H23N3O6S/c1-9(19-17(18)24)15(22)26-8-12(21)20-14-13(16(23)25-2)10-6-4-3-5-7-11(10)27-14/h9H,3-8H2,1-2H3,(H,20,21)(H3,18,19,24). The number of methoxy groups -OCH3 is 1. The van der Waals surface area contributed by atoms with Gasteiger partial charge in [0.15, 0.2) is 6.61 Å². The Morgan fingerprint density at radius 3 is 2.56 bits per heavy atom. The van der Waals surface area contributed by atoms with Crippen LogP contribution in [0.3, 0.4) is 0 Å². The number of carbonyl (C=O) groups excluding carboxylic acids is 4. The number of urea groups is 1. The second-order valence-electron chi connectivity index (χ2n) is 6.15. The summed E-state index contributed by atoms with van der Waals surface area (Å²) in [4.78, 5) is 47.9. The number of nitrogens with one attached hydrogen (secondary N) is 2. The van der Waals surface area contributed by atoms with Gasteiger partial charge in [-0.15, -0.1) is 11.3 Å². The van der Waals surface area contributed by atoms with E-state index in [0.29, 0.717) is 10.6 Å². The largest absolute Gasteiger partial charge is 0.465 e. The number of anilines is 1. The zero-order chi connectivity index (χ0) is 20.0. The van der Waals surface area contributed by atoms with Crippen LogP contribution in [0.1, 0.15) is 47.0 Å². The van der Waals surface area contributed by atoms with E-state index in [2.05, 4.69) is 10.6 Å². The lowest BCUT2D eigenvalue weighted by Crippen LogP contribution is -2.43. The summed E-state index contributed by atoms with van der Waals surface area (Å²) < 4.78 is 9.72. The number of fused-ring (bicyclic) bond motifs is 1. The van der Waals surface area contributed by atoms with Crippen molar-refractivity contribution in [2.75, 3.05) is 19.0 Å². The van der Waals surface area contributed by atoms with Crippen LogP contribution in [0.5, 0.6) is 0 Å². The number of aryl methyl sites for hydroxylation is 1. The first-order valence-electron chi connectivity index (χ1n) is 8.58. The molecule has 1 unspecified atom stereocenters. The average Bonchev–Trinajstić information content (AvgIpc) is 2.79. The Morgan fingerprint density at radius 1 is 1.19 bits per heavy atom. The summed E-state index contributed by atoms with van der Waals surface area (Å²) in [7, 11) is 1.30. The molecule has 1 heterocycles. The summed E-state index contributed by atoms with van der Waals surface area (Å²) >= 11 is 1.35. The maximum atomic E-state index is 12.2. The summed E-state index contributed by atoms with van der Waals surface area (Å²) in [5.74, 6) is -1.88. The van der Waals surface area contributed by atoms with Gasteiger partial charge >= 0.3 is 18.0 Å². The van der Waals surface area contributed by atoms with Gasteiger partial charge in [0.1, 0.15) is 11.0 Å². The predicted octanol–water partition coefficient (Wildman–Crippen LogP) is 1.34. The van der Waals surface area contributed by atoms with Crippen LogP contribution in [-0.2, 0) is 31.9 Å². The summed E-state index contributed by atoms with van der Waals surface area (Å²) in [6.45, 7) is 0.837. The highest BCUT2D eigenvalue weighted by atomic mass is 32.1. The third-order valence-corrected chi connectivity index (χ3v) is 5.33. The van der Waals surface area contributed by atoms with Gasteiger partial charge in [0.2, 0.25) is 0 Å². The first-order chi connectivity index (χ1) is 12.8. The van der Waals surface area contributed by atoms with E-state index < -0.39 is 36.5 Å². The van der Waals surface area contributed by atoms with E-state index in [1.165, 1.54) is 25.4 Å². The Bertz CT molecular complexity index is 745. The molecule has 27 heavy (non-hydrogen) atoms. The van der Waals surface area contributed by atoms with E-state index in [0.717, 1.165) is 42.5 Å². The van der Waals surface area contributed by atoms with Crippen LogP contribution >= 0.6 is 11.3 Å². The van der Waals surface area contributed by atoms with E-state index in [9.17, 15) is 19.2 Å². The van der Waals surface area contributed by atoms with Crippen LogP contribution in [0.25, 0.3) is 0 Å². The molecule has 0 radical (unpaired) electrons. The molecule has 2 rings (SSSR count). The van der Waals surface area contributed by atoms with Gasteiger partial charge in [0.25, 0.3) is 5.91 Å². The minimum absolute atomic E-state index is 0.378. The predicted molar refractivity (Wildman–Crippen MR) is 98.7 cm³/mol. The molecule has 0 saturated heterocycles. The van der Waals surface area contributed by atoms with Crippen LogP contribution in [0.4, 0.5) is 9.80 Å². The molecule has 3 amide bonds. The van der Waals surface area contributed by atoms with E-state index in [1.807, 2.05) is 0 Å². The minimum Gasteiger partial charge on any atom is -0.465 e. The fourth-order valence-electron chi connectivity index (χ4n) is 2.85. The molecule has 9 nitrogen and oxygen atoms in total. The molecule has 0 saturated carbocycles. The number of thiophene rings is 1. The number of hydrogen-bond acceptors (Lipinski definition) is 7. The number of amides is 3. The lowest BCUT2D eigenvalue weighted by atomic mass is 10.1. The van der Waals surface area contributed by atoms with Gasteiger partial charge in [-0.05, 0) is 38.2 Å². The van der Waals surface area contributed by atoms with E-state index in [1.54, 1.807) is 0 Å². The third kappa shape index (κ3) is 5.43. The van der Waals surface area contributed by atoms with Crippen molar-refractivity contribution in [1.82, 2.24) is 5.32 Å². The van der Waals surface area contributed by atoms with Gasteiger partial charge in [-0.25, -0.2) is 14.4 Å². The highest BCUT2D eigenvalue weighted by molar-refractivity contribution is 7.17. The summed E-state index contributed by atoms with van der Waals surface area (Å²) in [5, 5.41) is 5.19. The van der Waals surface area contributed by atoms with Gasteiger partial charge < -0.3 is 25.8 Å². The molecule has 0 spiro atoms. The number of rotatable bonds is 6. The molecule has 1 aromatic heterocycles. The number of carbonyl (C=O) groups is 4. The van der Waals surface area contributed by atoms with Crippen LogP contribution in [0, 0.1) is 0 Å². The second-order valence-corrected chi connectivity index (χ2v) is 7.25. The highest BCUT2D eigenvalue weighted by Gasteiger charge is 2.26. The lowest BCUT2D eigenvalue weighted by molar-refractivity contribution is -0.148. The maximum absolute atomic E-state index is 12.2. The Labute approximate surface area is 160 Å². The number of hydrogen-bond donors (Lipinski definition) is 3. The van der Waals surface area contributed by atoms with Gasteiger partial charge in [-0.2, -0.15) is 0 Å². The fraction of sp³-hybridized carbons (Fsp3) is 0.529. The molecular weight excluding hydrogens is 374 g/mol. The molecule has 148 valence electrons. The van der Waals surface area contributed by atoms with E-state index in [-0.39, 0.29) is 0 Å². The van der Waals surface area contributed by atoms with Gasteiger partial charge in [0.05, 0.1) is 12.7 Å². The molecule has 0 fully saturated rings. The zero-order valence-electron chi connectivity index (χ0n) is 15.3. The first kappa shape index (κ1) is 20.7. The lowest BCUT2D eigenvalue weighted by Gasteiger charge is -2.12. The highest BCUT2D eigenvalue weighted by Crippen LogP contribution is 2.37. The minimum atomic E-state index is -0.973. The number of esters is 2. The van der Waals surface area contributed by atoms with Gasteiger partial charge in [-0.1, -0.05) is 6.42 Å². The van der Waals surface area contributed by atoms with E-state index >= 15 is 0 Å². The van der Waals surface area contributed by atoms with Crippen molar-refractivity contribution >= 4 is 40.2 Å². The van der Waals surface area contributed by atoms with Crippen LogP contribution < -0.4 is 16.4 Å². The summed E-state index contributed by atoms with van der Waals surface area (Å²) in [6.07, 6.45) is 4.72. The number of ether oxygens (including phenoxy) is 2. The molecule has 1 aliphatic carbocycles. The average molecular weight is 397 g/mol. The van der Waals surface area contributed by atoms with Crippen molar-refractivity contribution in [2.45, 2.75) is 45.1 Å². The van der Waals surface area contributed by atoms with Crippen LogP contribution in [0.2, 0.25) is 0 Å². The van der Waals surface area contributed by atoms with Crippen LogP contribution in [-0.4, -0.2) is 43.6 Å². The van der Waals surface area contributed by atoms with Crippen molar-refractivity contribution < 1.29 is 28.7 Å². The molecule has 1 aliphatic rings. The number of primary amides is 1. The molecule has 0 aromatic carbocycles. The molecular formula is C17H23N3O6S. The number of nitrogens with two attached hydrogens (primary N) is 1. The third-order valence-electron chi connectivity index (χ3n) is 4.12. The van der Waals surface area contributed by atoms with E-state index in [4.69, 9.17) is 15.2 Å². The SMILES string of the molecule is COC(=O)c1c(NC(=O)COC(=O)C(C)NC(N)=O)sc2c1CCCCC2. The summed E-state index contributed by atoms with van der Waals surface area (Å²) in [6, 6.07) is -1.84. The summed E-state index contributed by atoms with van der Waals surface area (Å²) in [5.41, 5.74) is 6.23. The molecule has 0 bridgehead atoms. The Kier molecular flexibility index (Phi) is 7.17. The maximum Gasteiger partial charge on any atom is 0.341 e. The van der Waals surface area contributed by atoms with Gasteiger partial charge in [0, 0.05) is 4.88 Å². The first-order valence-corrected chi connectivity index (χ1v) is 9.40. The van der Waals surface area contributed by atoms with Crippen molar-refractivity contribution in [1.29, 1.82) is 0 Å². The van der Waals surface area contributed by atoms with Crippen molar-refractivity contribution in [3.63, 3.8) is 0 Å². The zero-order valence-corrected chi connectivity index (χ0v) is 16.1.